The fraction of sp³-hybridized carbons (Fsp3) is 0.500. The maximum atomic E-state index is 9.13. The molecule has 0 spiro atoms. The van der Waals surface area contributed by atoms with E-state index in [1.165, 1.54) is 5.56 Å². The van der Waals surface area contributed by atoms with Crippen LogP contribution in [-0.4, -0.2) is 17.8 Å². The first kappa shape index (κ1) is 12.7. The summed E-state index contributed by atoms with van der Waals surface area (Å²) in [7, 11) is 0. The first-order chi connectivity index (χ1) is 7.09. The number of rotatable bonds is 5. The lowest BCUT2D eigenvalue weighted by Crippen LogP contribution is -2.22. The normalized spacial score (nSPS) is 14.9. The second kappa shape index (κ2) is 6.26. The molecule has 0 heterocycles. The predicted octanol–water partition coefficient (Wildman–Crippen LogP) is 2.87. The number of aliphatic hydroxyl groups excluding tert-OH is 1. The van der Waals surface area contributed by atoms with Crippen molar-refractivity contribution in [3.63, 3.8) is 0 Å². The Kier molecular flexibility index (Phi) is 5.29. The van der Waals surface area contributed by atoms with E-state index < -0.39 is 0 Å². The summed E-state index contributed by atoms with van der Waals surface area (Å²) in [6.45, 7) is 4.78. The molecule has 0 aliphatic rings. The summed E-state index contributed by atoms with van der Waals surface area (Å²) < 4.78 is 1.10. The van der Waals surface area contributed by atoms with Gasteiger partial charge in [0.05, 0.1) is 6.10 Å². The highest BCUT2D eigenvalue weighted by atomic mass is 79.9. The number of aliphatic hydroxyl groups is 1. The van der Waals surface area contributed by atoms with E-state index in [-0.39, 0.29) is 6.10 Å². The van der Waals surface area contributed by atoms with Gasteiger partial charge in [0, 0.05) is 10.5 Å². The molecule has 2 nitrogen and oxygen atoms in total. The fourth-order valence-electron chi connectivity index (χ4n) is 1.38. The number of benzene rings is 1. The summed E-state index contributed by atoms with van der Waals surface area (Å²) in [6, 6.07) is 8.62. The van der Waals surface area contributed by atoms with Gasteiger partial charge in [-0.2, -0.15) is 0 Å². The van der Waals surface area contributed by atoms with Crippen molar-refractivity contribution in [3.8, 4) is 0 Å². The third kappa shape index (κ3) is 4.78. The van der Waals surface area contributed by atoms with Gasteiger partial charge in [-0.25, -0.2) is 0 Å². The summed E-state index contributed by atoms with van der Waals surface area (Å²) >= 11 is 3.41. The summed E-state index contributed by atoms with van der Waals surface area (Å²) in [5.41, 5.74) is 1.27. The molecule has 1 rings (SSSR count). The summed E-state index contributed by atoms with van der Waals surface area (Å²) in [5, 5.41) is 12.5. The molecule has 1 unspecified atom stereocenters. The third-order valence-electron chi connectivity index (χ3n) is 2.38. The summed E-state index contributed by atoms with van der Waals surface area (Å²) in [6.07, 6.45) is 0.565. The monoisotopic (exact) mass is 271 g/mol. The van der Waals surface area contributed by atoms with Gasteiger partial charge in [0.25, 0.3) is 0 Å². The van der Waals surface area contributed by atoms with Gasteiger partial charge in [0.2, 0.25) is 0 Å². The van der Waals surface area contributed by atoms with Crippen LogP contribution in [0.5, 0.6) is 0 Å². The average Bonchev–Trinajstić information content (AvgIpc) is 2.18. The fourth-order valence-corrected chi connectivity index (χ4v) is 1.64. The molecule has 1 aromatic rings. The van der Waals surface area contributed by atoms with Gasteiger partial charge in [-0.3, -0.25) is 0 Å². The van der Waals surface area contributed by atoms with E-state index in [1.807, 2.05) is 19.1 Å². The number of hydrogen-bond acceptors (Lipinski definition) is 2. The van der Waals surface area contributed by atoms with Crippen LogP contribution in [0.15, 0.2) is 28.7 Å². The maximum absolute atomic E-state index is 9.13. The van der Waals surface area contributed by atoms with Crippen LogP contribution in [0.3, 0.4) is 0 Å². The quantitative estimate of drug-likeness (QED) is 0.863. The lowest BCUT2D eigenvalue weighted by atomic mass is 10.1. The van der Waals surface area contributed by atoms with Gasteiger partial charge in [-0.15, -0.1) is 0 Å². The standard InChI is InChI=1S/C12H18BrNO/c1-9(15)7-8-14-10(2)11-3-5-12(13)6-4-11/h3-6,9-10,14-15H,7-8H2,1-2H3/t9?,10-/m0/s1. The van der Waals surface area contributed by atoms with Gasteiger partial charge in [-0.1, -0.05) is 28.1 Å². The van der Waals surface area contributed by atoms with Crippen molar-refractivity contribution in [3.05, 3.63) is 34.3 Å². The Balaban J connectivity index is 2.40. The van der Waals surface area contributed by atoms with Crippen molar-refractivity contribution in [2.75, 3.05) is 6.54 Å². The van der Waals surface area contributed by atoms with Crippen LogP contribution in [0.2, 0.25) is 0 Å². The Morgan fingerprint density at radius 2 is 1.87 bits per heavy atom. The minimum atomic E-state index is -0.227. The number of nitrogens with one attached hydrogen (secondary N) is 1. The van der Waals surface area contributed by atoms with Gasteiger partial charge in [0.1, 0.15) is 0 Å². The first-order valence-corrected chi connectivity index (χ1v) is 6.06. The predicted molar refractivity (Wildman–Crippen MR) is 66.9 cm³/mol. The van der Waals surface area contributed by atoms with Crippen LogP contribution in [0.25, 0.3) is 0 Å². The van der Waals surface area contributed by atoms with Crippen molar-refractivity contribution in [1.82, 2.24) is 5.32 Å². The van der Waals surface area contributed by atoms with Crippen LogP contribution in [0, 0.1) is 0 Å². The summed E-state index contributed by atoms with van der Waals surface area (Å²) in [5.74, 6) is 0. The molecule has 15 heavy (non-hydrogen) atoms. The Morgan fingerprint density at radius 1 is 1.27 bits per heavy atom. The molecule has 0 fully saturated rings. The van der Waals surface area contributed by atoms with E-state index in [0.29, 0.717) is 6.04 Å². The van der Waals surface area contributed by atoms with Gasteiger partial charge in [-0.05, 0) is 44.5 Å². The lowest BCUT2D eigenvalue weighted by Gasteiger charge is -2.14. The number of hydrogen-bond donors (Lipinski definition) is 2. The third-order valence-corrected chi connectivity index (χ3v) is 2.91. The smallest absolute Gasteiger partial charge is 0.0524 e. The van der Waals surface area contributed by atoms with Crippen molar-refractivity contribution in [2.45, 2.75) is 32.4 Å². The van der Waals surface area contributed by atoms with Gasteiger partial charge in [0.15, 0.2) is 0 Å². The van der Waals surface area contributed by atoms with Crippen LogP contribution in [0.1, 0.15) is 31.9 Å². The molecule has 2 atom stereocenters. The lowest BCUT2D eigenvalue weighted by molar-refractivity contribution is 0.182. The van der Waals surface area contributed by atoms with E-state index in [2.05, 4.69) is 40.3 Å². The molecule has 0 aliphatic heterocycles. The molecule has 1 aromatic carbocycles. The zero-order chi connectivity index (χ0) is 11.3. The molecule has 3 heteroatoms. The second-order valence-electron chi connectivity index (χ2n) is 3.87. The molecule has 0 amide bonds. The molecule has 0 aromatic heterocycles. The molecule has 0 radical (unpaired) electrons. The summed E-state index contributed by atoms with van der Waals surface area (Å²) in [4.78, 5) is 0. The Hall–Kier alpha value is -0.380. The van der Waals surface area contributed by atoms with E-state index in [1.54, 1.807) is 0 Å². The highest BCUT2D eigenvalue weighted by molar-refractivity contribution is 9.10. The molecule has 2 N–H and O–H groups in total. The van der Waals surface area contributed by atoms with Crippen LogP contribution >= 0.6 is 15.9 Å². The molecule has 84 valence electrons. The van der Waals surface area contributed by atoms with Crippen molar-refractivity contribution in [2.24, 2.45) is 0 Å². The van der Waals surface area contributed by atoms with Crippen molar-refractivity contribution < 1.29 is 5.11 Å². The molecule has 0 saturated heterocycles. The minimum Gasteiger partial charge on any atom is -0.393 e. The Morgan fingerprint density at radius 3 is 2.40 bits per heavy atom. The average molecular weight is 272 g/mol. The van der Waals surface area contributed by atoms with Crippen LogP contribution in [0.4, 0.5) is 0 Å². The topological polar surface area (TPSA) is 32.3 Å². The van der Waals surface area contributed by atoms with Gasteiger partial charge < -0.3 is 10.4 Å². The highest BCUT2D eigenvalue weighted by Gasteiger charge is 2.04. The molecular weight excluding hydrogens is 254 g/mol. The Bertz CT molecular complexity index is 284. The van der Waals surface area contributed by atoms with E-state index in [9.17, 15) is 0 Å². The zero-order valence-electron chi connectivity index (χ0n) is 9.20. The Labute approximate surface area is 99.8 Å². The van der Waals surface area contributed by atoms with Crippen LogP contribution < -0.4 is 5.32 Å². The minimum absolute atomic E-state index is 0.227. The molecular formula is C12H18BrNO. The maximum Gasteiger partial charge on any atom is 0.0524 e. The first-order valence-electron chi connectivity index (χ1n) is 5.26. The van der Waals surface area contributed by atoms with E-state index in [4.69, 9.17) is 5.11 Å². The number of halogens is 1. The second-order valence-corrected chi connectivity index (χ2v) is 4.78. The largest absolute Gasteiger partial charge is 0.393 e. The molecule has 0 saturated carbocycles. The zero-order valence-corrected chi connectivity index (χ0v) is 10.8. The van der Waals surface area contributed by atoms with Gasteiger partial charge >= 0.3 is 0 Å². The molecule has 0 bridgehead atoms. The highest BCUT2D eigenvalue weighted by Crippen LogP contribution is 2.16. The SMILES string of the molecule is CC(O)CCN[C@@H](C)c1ccc(Br)cc1. The van der Waals surface area contributed by atoms with Crippen LogP contribution in [-0.2, 0) is 0 Å². The molecule has 0 aliphatic carbocycles. The van der Waals surface area contributed by atoms with Crippen molar-refractivity contribution in [1.29, 1.82) is 0 Å². The van der Waals surface area contributed by atoms with E-state index in [0.717, 1.165) is 17.4 Å². The van der Waals surface area contributed by atoms with E-state index >= 15 is 0 Å². The van der Waals surface area contributed by atoms with Crippen molar-refractivity contribution >= 4 is 15.9 Å².